The van der Waals surface area contributed by atoms with Crippen molar-refractivity contribution in [1.29, 1.82) is 0 Å². The number of hydrogen-bond acceptors (Lipinski definition) is 8. The summed E-state index contributed by atoms with van der Waals surface area (Å²) in [4.78, 5) is 13.0. The van der Waals surface area contributed by atoms with Crippen LogP contribution in [0.5, 0.6) is 11.5 Å². The summed E-state index contributed by atoms with van der Waals surface area (Å²) in [6.45, 7) is 1.41. The molecule has 2 N–H and O–H groups in total. The minimum absolute atomic E-state index is 0.116. The van der Waals surface area contributed by atoms with E-state index in [1.54, 1.807) is 44.4 Å². The maximum Gasteiger partial charge on any atom is 0.573 e. The fourth-order valence-corrected chi connectivity index (χ4v) is 4.43. The second kappa shape index (κ2) is 9.59. The van der Waals surface area contributed by atoms with Crippen molar-refractivity contribution in [2.24, 2.45) is 20.7 Å². The van der Waals surface area contributed by atoms with Crippen LogP contribution in [0.4, 0.5) is 13.2 Å². The Morgan fingerprint density at radius 1 is 1.12 bits per heavy atom. The van der Waals surface area contributed by atoms with Crippen LogP contribution in [-0.4, -0.2) is 62.2 Å². The molecule has 2 aromatic rings. The molecule has 3 rings (SSSR count). The Kier molecular flexibility index (Phi) is 7.00. The maximum atomic E-state index is 13.5. The molecule has 2 aromatic carbocycles. The summed E-state index contributed by atoms with van der Waals surface area (Å²) in [5.41, 5.74) is 5.86. The standard InChI is InChI=1S/C20H21F3N6O4S/c1-13-25-18(28(2)3)27-19(26-17(24)32-14-9-5-4-6-10-14)29(13)34(30,31)16-12-8-7-11-15(16)33-20(21,22)23/h4-13H,1-3H3,(H2,24,25,26,27). The van der Waals surface area contributed by atoms with Crippen molar-refractivity contribution < 1.29 is 31.1 Å². The van der Waals surface area contributed by atoms with Crippen LogP contribution in [0, 0.1) is 0 Å². The molecule has 0 fully saturated rings. The van der Waals surface area contributed by atoms with Gasteiger partial charge in [-0.05, 0) is 31.2 Å². The third-order valence-corrected chi connectivity index (χ3v) is 6.11. The van der Waals surface area contributed by atoms with Gasteiger partial charge in [0.2, 0.25) is 11.9 Å². The van der Waals surface area contributed by atoms with Gasteiger partial charge in [-0.2, -0.15) is 9.98 Å². The highest BCUT2D eigenvalue weighted by Crippen LogP contribution is 2.33. The van der Waals surface area contributed by atoms with Crippen LogP contribution in [0.1, 0.15) is 6.92 Å². The van der Waals surface area contributed by atoms with Gasteiger partial charge < -0.3 is 20.1 Å². The highest BCUT2D eigenvalue weighted by molar-refractivity contribution is 7.89. The smallest absolute Gasteiger partial charge is 0.426 e. The summed E-state index contributed by atoms with van der Waals surface area (Å²) in [6, 6.07) is 12.2. The topological polar surface area (TPSA) is 122 Å². The van der Waals surface area contributed by atoms with Gasteiger partial charge in [-0.3, -0.25) is 0 Å². The normalized spacial score (nSPS) is 17.1. The summed E-state index contributed by atoms with van der Waals surface area (Å²) in [5.74, 6) is -0.930. The first-order chi connectivity index (χ1) is 15.9. The third-order valence-electron chi connectivity index (χ3n) is 4.23. The summed E-state index contributed by atoms with van der Waals surface area (Å²) >= 11 is 0. The molecule has 1 unspecified atom stereocenters. The molecule has 0 spiro atoms. The highest BCUT2D eigenvalue weighted by atomic mass is 32.2. The molecule has 0 saturated carbocycles. The Bertz CT molecular complexity index is 1230. The zero-order valence-corrected chi connectivity index (χ0v) is 19.1. The summed E-state index contributed by atoms with van der Waals surface area (Å²) < 4.78 is 75.6. The van der Waals surface area contributed by atoms with Crippen molar-refractivity contribution >= 4 is 28.0 Å². The molecular weight excluding hydrogens is 477 g/mol. The van der Waals surface area contributed by atoms with E-state index in [1.807, 2.05) is 0 Å². The zero-order valence-electron chi connectivity index (χ0n) is 18.3. The Balaban J connectivity index is 2.08. The predicted octanol–water partition coefficient (Wildman–Crippen LogP) is 2.60. The number of benzene rings is 2. The molecule has 10 nitrogen and oxygen atoms in total. The molecule has 1 aliphatic heterocycles. The first-order valence-electron chi connectivity index (χ1n) is 9.68. The van der Waals surface area contributed by atoms with Crippen molar-refractivity contribution in [3.63, 3.8) is 0 Å². The Labute approximate surface area is 193 Å². The first-order valence-corrected chi connectivity index (χ1v) is 11.1. The minimum atomic E-state index is -5.11. The van der Waals surface area contributed by atoms with Gasteiger partial charge in [0.05, 0.1) is 0 Å². The number of para-hydroxylation sites is 2. The van der Waals surface area contributed by atoms with Crippen LogP contribution in [-0.2, 0) is 10.0 Å². The quantitative estimate of drug-likeness (QED) is 0.511. The molecule has 0 saturated heterocycles. The number of nitrogens with zero attached hydrogens (tertiary/aromatic N) is 5. The Morgan fingerprint density at radius 2 is 1.74 bits per heavy atom. The fraction of sp³-hybridized carbons (Fsp3) is 0.250. The molecule has 1 atom stereocenters. The second-order valence-corrected chi connectivity index (χ2v) is 8.81. The number of nitrogens with two attached hydrogens (primary N) is 1. The number of halogens is 3. The van der Waals surface area contributed by atoms with Gasteiger partial charge in [-0.25, -0.2) is 17.7 Å². The van der Waals surface area contributed by atoms with E-state index >= 15 is 0 Å². The van der Waals surface area contributed by atoms with Gasteiger partial charge in [0.25, 0.3) is 16.0 Å². The average molecular weight is 498 g/mol. The lowest BCUT2D eigenvalue weighted by Crippen LogP contribution is -2.47. The number of guanidine groups is 2. The summed E-state index contributed by atoms with van der Waals surface area (Å²) in [5, 5.41) is 0. The van der Waals surface area contributed by atoms with Crippen molar-refractivity contribution in [2.75, 3.05) is 14.1 Å². The van der Waals surface area contributed by atoms with E-state index in [2.05, 4.69) is 19.7 Å². The van der Waals surface area contributed by atoms with Crippen LogP contribution in [0.15, 0.2) is 74.5 Å². The highest BCUT2D eigenvalue weighted by Gasteiger charge is 2.40. The van der Waals surface area contributed by atoms with Gasteiger partial charge in [0.15, 0.2) is 0 Å². The maximum absolute atomic E-state index is 13.5. The SMILES string of the molecule is CC1N=C(N(C)C)N=C(N=C(N)Oc2ccccc2)N1S(=O)(=O)c1ccccc1OC(F)(F)F. The fourth-order valence-electron chi connectivity index (χ4n) is 2.86. The first kappa shape index (κ1) is 24.8. The molecule has 0 aromatic heterocycles. The number of ether oxygens (including phenoxy) is 2. The predicted molar refractivity (Wildman–Crippen MR) is 119 cm³/mol. The second-order valence-electron chi connectivity index (χ2n) is 7.03. The van der Waals surface area contributed by atoms with Gasteiger partial charge in [0, 0.05) is 14.1 Å². The van der Waals surface area contributed by atoms with Crippen LogP contribution in [0.3, 0.4) is 0 Å². The van der Waals surface area contributed by atoms with Gasteiger partial charge >= 0.3 is 6.36 Å². The van der Waals surface area contributed by atoms with E-state index in [-0.39, 0.29) is 5.96 Å². The molecule has 1 heterocycles. The number of sulfonamides is 1. The molecule has 0 bridgehead atoms. The van der Waals surface area contributed by atoms with E-state index in [0.717, 1.165) is 12.1 Å². The van der Waals surface area contributed by atoms with Gasteiger partial charge in [-0.1, -0.05) is 30.3 Å². The Morgan fingerprint density at radius 3 is 2.35 bits per heavy atom. The van der Waals surface area contributed by atoms with Crippen LogP contribution in [0.25, 0.3) is 0 Å². The molecular formula is C20H21F3N6O4S. The number of rotatable bonds is 4. The van der Waals surface area contributed by atoms with Crippen molar-refractivity contribution in [3.8, 4) is 11.5 Å². The van der Waals surface area contributed by atoms with E-state index in [1.165, 1.54) is 24.0 Å². The van der Waals surface area contributed by atoms with Gasteiger partial charge in [-0.15, -0.1) is 13.2 Å². The monoisotopic (exact) mass is 498 g/mol. The number of amidine groups is 1. The van der Waals surface area contributed by atoms with E-state index in [9.17, 15) is 21.6 Å². The van der Waals surface area contributed by atoms with E-state index in [0.29, 0.717) is 10.1 Å². The zero-order chi connectivity index (χ0) is 25.1. The summed E-state index contributed by atoms with van der Waals surface area (Å²) in [6.07, 6.45) is -6.25. The van der Waals surface area contributed by atoms with Crippen molar-refractivity contribution in [2.45, 2.75) is 24.3 Å². The lowest BCUT2D eigenvalue weighted by molar-refractivity contribution is -0.275. The third kappa shape index (κ3) is 5.75. The van der Waals surface area contributed by atoms with Crippen LogP contribution >= 0.6 is 0 Å². The lowest BCUT2D eigenvalue weighted by Gasteiger charge is -2.31. The molecule has 34 heavy (non-hydrogen) atoms. The van der Waals surface area contributed by atoms with E-state index < -0.39 is 45.2 Å². The number of aliphatic imine (C=N–C) groups is 3. The molecule has 1 aliphatic rings. The number of alkyl halides is 3. The average Bonchev–Trinajstić information content (AvgIpc) is 2.72. The largest absolute Gasteiger partial charge is 0.573 e. The molecule has 0 aliphatic carbocycles. The van der Waals surface area contributed by atoms with Crippen LogP contribution < -0.4 is 15.2 Å². The van der Waals surface area contributed by atoms with Crippen molar-refractivity contribution in [1.82, 2.24) is 9.21 Å². The minimum Gasteiger partial charge on any atom is -0.426 e. The lowest BCUT2D eigenvalue weighted by atomic mass is 10.3. The molecule has 182 valence electrons. The Hall–Kier alpha value is -3.81. The van der Waals surface area contributed by atoms with Crippen LogP contribution in [0.2, 0.25) is 0 Å². The van der Waals surface area contributed by atoms with Gasteiger partial charge in [0.1, 0.15) is 22.6 Å². The number of hydrogen-bond donors (Lipinski definition) is 1. The summed E-state index contributed by atoms with van der Waals surface area (Å²) in [7, 11) is -1.45. The van der Waals surface area contributed by atoms with Crippen molar-refractivity contribution in [3.05, 3.63) is 54.6 Å². The molecule has 0 radical (unpaired) electrons. The molecule has 0 amide bonds. The molecule has 14 heteroatoms. The van der Waals surface area contributed by atoms with E-state index in [4.69, 9.17) is 10.5 Å².